The average molecular weight is 231 g/mol. The summed E-state index contributed by atoms with van der Waals surface area (Å²) in [5.41, 5.74) is 0. The Morgan fingerprint density at radius 2 is 1.87 bits per heavy atom. The Hall–Kier alpha value is -0.360. The van der Waals surface area contributed by atoms with E-state index in [1.165, 1.54) is 0 Å². The molecule has 0 aliphatic rings. The fraction of sp³-hybridized carbons (Fsp3) is 1.00. The monoisotopic (exact) mass is 231 g/mol. The first kappa shape index (κ1) is 14.6. The predicted octanol–water partition coefficient (Wildman–Crippen LogP) is 2.15. The lowest BCUT2D eigenvalue weighted by Gasteiger charge is -2.15. The molecule has 0 aromatic heterocycles. The Balaban J connectivity index is 3.39. The molecule has 0 fully saturated rings. The number of halogens is 4. The zero-order valence-electron chi connectivity index (χ0n) is 8.90. The van der Waals surface area contributed by atoms with Gasteiger partial charge in [0.25, 0.3) is 0 Å². The van der Waals surface area contributed by atoms with Crippen LogP contribution in [0, 0.1) is 5.92 Å². The van der Waals surface area contributed by atoms with E-state index in [0.29, 0.717) is 12.5 Å². The van der Waals surface area contributed by atoms with Gasteiger partial charge in [-0.3, -0.25) is 0 Å². The molecule has 0 rings (SSSR count). The van der Waals surface area contributed by atoms with Crippen molar-refractivity contribution in [1.29, 1.82) is 0 Å². The molecule has 92 valence electrons. The Bertz CT molecular complexity index is 164. The number of alkyl halides is 4. The fourth-order valence-electron chi connectivity index (χ4n) is 0.806. The minimum absolute atomic E-state index is 0.00896. The third-order valence-corrected chi connectivity index (χ3v) is 1.59. The van der Waals surface area contributed by atoms with Gasteiger partial charge in [-0.1, -0.05) is 13.8 Å². The van der Waals surface area contributed by atoms with Crippen LogP contribution in [0.25, 0.3) is 0 Å². The van der Waals surface area contributed by atoms with Crippen molar-refractivity contribution < 1.29 is 22.3 Å². The molecule has 0 heterocycles. The smallest absolute Gasteiger partial charge is 0.330 e. The standard InChI is InChI=1S/C9H17F4NO/c1-7(2)5-14-3-4-15-6-9(12,13)8(10)11/h7-8,14H,3-6H2,1-2H3. The lowest BCUT2D eigenvalue weighted by atomic mass is 10.2. The molecule has 0 aromatic rings. The molecule has 0 atom stereocenters. The Kier molecular flexibility index (Phi) is 6.84. The number of nitrogens with one attached hydrogen (secondary N) is 1. The number of rotatable bonds is 8. The summed E-state index contributed by atoms with van der Waals surface area (Å²) in [5.74, 6) is -3.59. The molecule has 0 spiro atoms. The third kappa shape index (κ3) is 7.56. The molecule has 0 saturated carbocycles. The van der Waals surface area contributed by atoms with E-state index in [1.54, 1.807) is 0 Å². The predicted molar refractivity (Wildman–Crippen MR) is 49.5 cm³/mol. The molecular weight excluding hydrogens is 214 g/mol. The van der Waals surface area contributed by atoms with Gasteiger partial charge in [-0.15, -0.1) is 0 Å². The van der Waals surface area contributed by atoms with Gasteiger partial charge in [-0.25, -0.2) is 8.78 Å². The zero-order chi connectivity index (χ0) is 11.9. The van der Waals surface area contributed by atoms with Gasteiger partial charge in [0.2, 0.25) is 0 Å². The van der Waals surface area contributed by atoms with Crippen molar-refractivity contribution in [3.8, 4) is 0 Å². The van der Waals surface area contributed by atoms with Crippen LogP contribution in [0.3, 0.4) is 0 Å². The second-order valence-electron chi connectivity index (χ2n) is 3.71. The molecule has 6 heteroatoms. The van der Waals surface area contributed by atoms with Crippen molar-refractivity contribution in [3.63, 3.8) is 0 Å². The molecule has 0 aliphatic heterocycles. The quantitative estimate of drug-likeness (QED) is 0.510. The molecule has 0 bridgehead atoms. The number of ether oxygens (including phenoxy) is 1. The Morgan fingerprint density at radius 1 is 1.27 bits per heavy atom. The average Bonchev–Trinajstić information content (AvgIpc) is 2.10. The first-order chi connectivity index (χ1) is 6.86. The zero-order valence-corrected chi connectivity index (χ0v) is 8.90. The van der Waals surface area contributed by atoms with Crippen molar-refractivity contribution in [2.45, 2.75) is 26.2 Å². The third-order valence-electron chi connectivity index (χ3n) is 1.59. The highest BCUT2D eigenvalue weighted by Crippen LogP contribution is 2.22. The normalized spacial score (nSPS) is 12.8. The van der Waals surface area contributed by atoms with E-state index in [0.717, 1.165) is 6.54 Å². The van der Waals surface area contributed by atoms with Crippen molar-refractivity contribution in [2.24, 2.45) is 5.92 Å². The molecular formula is C9H17F4NO. The van der Waals surface area contributed by atoms with Gasteiger partial charge < -0.3 is 10.1 Å². The summed E-state index contributed by atoms with van der Waals surface area (Å²) in [6.07, 6.45) is -3.67. The summed E-state index contributed by atoms with van der Waals surface area (Å²) in [4.78, 5) is 0. The lowest BCUT2D eigenvalue weighted by Crippen LogP contribution is -2.34. The summed E-state index contributed by atoms with van der Waals surface area (Å²) in [7, 11) is 0. The van der Waals surface area contributed by atoms with Crippen LogP contribution >= 0.6 is 0 Å². The molecule has 0 aromatic carbocycles. The first-order valence-corrected chi connectivity index (χ1v) is 4.80. The number of hydrogen-bond acceptors (Lipinski definition) is 2. The second kappa shape index (κ2) is 7.00. The van der Waals surface area contributed by atoms with Gasteiger partial charge in [-0.05, 0) is 12.5 Å². The van der Waals surface area contributed by atoms with E-state index >= 15 is 0 Å². The maximum Gasteiger partial charge on any atom is 0.330 e. The van der Waals surface area contributed by atoms with E-state index in [4.69, 9.17) is 0 Å². The minimum Gasteiger partial charge on any atom is -0.374 e. The molecule has 0 radical (unpaired) electrons. The Morgan fingerprint density at radius 3 is 2.33 bits per heavy atom. The number of hydrogen-bond donors (Lipinski definition) is 1. The minimum atomic E-state index is -4.04. The van der Waals surface area contributed by atoms with Gasteiger partial charge in [0, 0.05) is 6.54 Å². The Labute approximate surface area is 87.0 Å². The SMILES string of the molecule is CC(C)CNCCOCC(F)(F)C(F)F. The topological polar surface area (TPSA) is 21.3 Å². The molecule has 0 aliphatic carbocycles. The molecule has 0 unspecified atom stereocenters. The van der Waals surface area contributed by atoms with Gasteiger partial charge in [-0.2, -0.15) is 8.78 Å². The van der Waals surface area contributed by atoms with Crippen LogP contribution in [0.1, 0.15) is 13.8 Å². The van der Waals surface area contributed by atoms with E-state index < -0.39 is 19.0 Å². The summed E-state index contributed by atoms with van der Waals surface area (Å²) in [6, 6.07) is 0. The molecule has 15 heavy (non-hydrogen) atoms. The molecule has 0 saturated heterocycles. The largest absolute Gasteiger partial charge is 0.374 e. The first-order valence-electron chi connectivity index (χ1n) is 4.80. The van der Waals surface area contributed by atoms with Crippen molar-refractivity contribution in [2.75, 3.05) is 26.3 Å². The van der Waals surface area contributed by atoms with Crippen LogP contribution in [0.4, 0.5) is 17.6 Å². The van der Waals surface area contributed by atoms with Crippen LogP contribution in [-0.2, 0) is 4.74 Å². The summed E-state index contributed by atoms with van der Waals surface area (Å²) in [6.45, 7) is 3.91. The van der Waals surface area contributed by atoms with Crippen LogP contribution in [-0.4, -0.2) is 38.7 Å². The summed E-state index contributed by atoms with van der Waals surface area (Å²) >= 11 is 0. The van der Waals surface area contributed by atoms with Gasteiger partial charge in [0.1, 0.15) is 6.61 Å². The highest BCUT2D eigenvalue weighted by molar-refractivity contribution is 4.67. The van der Waals surface area contributed by atoms with Crippen LogP contribution in [0.5, 0.6) is 0 Å². The maximum atomic E-state index is 12.3. The van der Waals surface area contributed by atoms with E-state index in [1.807, 2.05) is 13.8 Å². The van der Waals surface area contributed by atoms with Gasteiger partial charge in [0.15, 0.2) is 0 Å². The highest BCUT2D eigenvalue weighted by Gasteiger charge is 2.40. The van der Waals surface area contributed by atoms with Crippen LogP contribution < -0.4 is 5.32 Å². The maximum absolute atomic E-state index is 12.3. The highest BCUT2D eigenvalue weighted by atomic mass is 19.3. The summed E-state index contributed by atoms with van der Waals surface area (Å²) in [5, 5.41) is 2.94. The van der Waals surface area contributed by atoms with E-state index in [-0.39, 0.29) is 6.61 Å². The lowest BCUT2D eigenvalue weighted by molar-refractivity contribution is -0.165. The fourth-order valence-corrected chi connectivity index (χ4v) is 0.806. The van der Waals surface area contributed by atoms with Crippen LogP contribution in [0.15, 0.2) is 0 Å². The molecule has 2 nitrogen and oxygen atoms in total. The van der Waals surface area contributed by atoms with E-state index in [9.17, 15) is 17.6 Å². The van der Waals surface area contributed by atoms with Crippen molar-refractivity contribution in [1.82, 2.24) is 5.32 Å². The van der Waals surface area contributed by atoms with Gasteiger partial charge >= 0.3 is 12.3 Å². The van der Waals surface area contributed by atoms with Crippen molar-refractivity contribution >= 4 is 0 Å². The molecule has 0 amide bonds. The summed E-state index contributed by atoms with van der Waals surface area (Å²) < 4.78 is 52.3. The molecule has 1 N–H and O–H groups in total. The van der Waals surface area contributed by atoms with Crippen LogP contribution in [0.2, 0.25) is 0 Å². The van der Waals surface area contributed by atoms with Crippen molar-refractivity contribution in [3.05, 3.63) is 0 Å². The second-order valence-corrected chi connectivity index (χ2v) is 3.71. The van der Waals surface area contributed by atoms with Gasteiger partial charge in [0.05, 0.1) is 6.61 Å². The van der Waals surface area contributed by atoms with E-state index in [2.05, 4.69) is 10.1 Å².